The number of nitrogens with two attached hydrogens (primary N) is 1. The Hall–Kier alpha value is -2.35. The van der Waals surface area contributed by atoms with Gasteiger partial charge in [0.1, 0.15) is 23.2 Å². The molecule has 0 spiro atoms. The van der Waals surface area contributed by atoms with Crippen molar-refractivity contribution in [3.63, 3.8) is 0 Å². The maximum absolute atomic E-state index is 13.9. The number of aromatic nitrogens is 1. The number of nitrogens with zero attached hydrogens (tertiary/aromatic N) is 1. The van der Waals surface area contributed by atoms with Crippen molar-refractivity contribution < 1.29 is 23.4 Å². The van der Waals surface area contributed by atoms with E-state index in [2.05, 4.69) is 9.11 Å². The first-order valence-corrected chi connectivity index (χ1v) is 7.28. The van der Waals surface area contributed by atoms with Gasteiger partial charge >= 0.3 is 5.97 Å². The third-order valence-electron chi connectivity index (χ3n) is 3.28. The highest BCUT2D eigenvalue weighted by atomic mass is 32.1. The number of anilines is 1. The molecule has 0 aliphatic carbocycles. The van der Waals surface area contributed by atoms with Crippen molar-refractivity contribution in [3.8, 4) is 11.6 Å². The summed E-state index contributed by atoms with van der Waals surface area (Å²) in [5.74, 6) is -0.329. The molecule has 1 aromatic heterocycles. The van der Waals surface area contributed by atoms with Gasteiger partial charge in [0.05, 0.1) is 13.7 Å². The van der Waals surface area contributed by atoms with Crippen LogP contribution in [0.15, 0.2) is 12.1 Å². The highest BCUT2D eigenvalue weighted by Gasteiger charge is 2.22. The molecule has 1 aromatic carbocycles. The average molecular weight is 324 g/mol. The molecule has 22 heavy (non-hydrogen) atoms. The zero-order valence-electron chi connectivity index (χ0n) is 11.7. The smallest absolute Gasteiger partial charge is 0.346 e. The first-order valence-electron chi connectivity index (χ1n) is 6.50. The summed E-state index contributed by atoms with van der Waals surface area (Å²) in [4.78, 5) is 11.6. The molecule has 0 atom stereocenters. The zero-order chi connectivity index (χ0) is 15.7. The number of carbonyl (C=O) groups excluding carboxylic acids is 1. The summed E-state index contributed by atoms with van der Waals surface area (Å²) in [5, 5.41) is 0.213. The number of halogens is 1. The SMILES string of the molecule is COC(=O)c1c(OCc2cc(F)c3c(c2)OCC3)nsc1N. The summed E-state index contributed by atoms with van der Waals surface area (Å²) in [5.41, 5.74) is 6.93. The van der Waals surface area contributed by atoms with Gasteiger partial charge in [-0.1, -0.05) is 0 Å². The second-order valence-corrected chi connectivity index (χ2v) is 5.47. The molecule has 8 heteroatoms. The van der Waals surface area contributed by atoms with Gasteiger partial charge in [0, 0.05) is 12.0 Å². The Kier molecular flexibility index (Phi) is 3.84. The van der Waals surface area contributed by atoms with Crippen LogP contribution in [0, 0.1) is 5.82 Å². The van der Waals surface area contributed by atoms with E-state index >= 15 is 0 Å². The van der Waals surface area contributed by atoms with Crippen LogP contribution in [0.2, 0.25) is 0 Å². The van der Waals surface area contributed by atoms with E-state index < -0.39 is 5.97 Å². The van der Waals surface area contributed by atoms with Crippen molar-refractivity contribution in [3.05, 3.63) is 34.6 Å². The van der Waals surface area contributed by atoms with Gasteiger partial charge in [0.25, 0.3) is 0 Å². The fourth-order valence-electron chi connectivity index (χ4n) is 2.21. The molecule has 0 fully saturated rings. The van der Waals surface area contributed by atoms with E-state index in [1.165, 1.54) is 13.2 Å². The molecule has 0 saturated heterocycles. The van der Waals surface area contributed by atoms with Crippen LogP contribution in [-0.4, -0.2) is 24.1 Å². The molecule has 2 N–H and O–H groups in total. The van der Waals surface area contributed by atoms with E-state index in [0.29, 0.717) is 29.9 Å². The first kappa shape index (κ1) is 14.6. The van der Waals surface area contributed by atoms with E-state index in [-0.39, 0.29) is 28.9 Å². The summed E-state index contributed by atoms with van der Waals surface area (Å²) >= 11 is 0.936. The molecule has 116 valence electrons. The van der Waals surface area contributed by atoms with E-state index in [0.717, 1.165) is 11.5 Å². The van der Waals surface area contributed by atoms with Crippen molar-refractivity contribution in [2.45, 2.75) is 13.0 Å². The van der Waals surface area contributed by atoms with Crippen molar-refractivity contribution >= 4 is 22.5 Å². The lowest BCUT2D eigenvalue weighted by atomic mass is 10.1. The lowest BCUT2D eigenvalue weighted by Crippen LogP contribution is -2.07. The quantitative estimate of drug-likeness (QED) is 0.868. The number of ether oxygens (including phenoxy) is 3. The van der Waals surface area contributed by atoms with Crippen LogP contribution in [0.3, 0.4) is 0 Å². The first-order chi connectivity index (χ1) is 10.6. The minimum atomic E-state index is -0.621. The van der Waals surface area contributed by atoms with Gasteiger partial charge in [0.2, 0.25) is 5.88 Å². The van der Waals surface area contributed by atoms with Gasteiger partial charge in [-0.3, -0.25) is 0 Å². The number of methoxy groups -OCH3 is 1. The monoisotopic (exact) mass is 324 g/mol. The molecule has 6 nitrogen and oxygen atoms in total. The van der Waals surface area contributed by atoms with Gasteiger partial charge in [-0.15, -0.1) is 0 Å². The zero-order valence-corrected chi connectivity index (χ0v) is 12.5. The number of fused-ring (bicyclic) bond motifs is 1. The summed E-state index contributed by atoms with van der Waals surface area (Å²) in [7, 11) is 1.25. The topological polar surface area (TPSA) is 83.7 Å². The van der Waals surface area contributed by atoms with Crippen LogP contribution < -0.4 is 15.2 Å². The lowest BCUT2D eigenvalue weighted by Gasteiger charge is -2.08. The van der Waals surface area contributed by atoms with E-state index in [9.17, 15) is 9.18 Å². The van der Waals surface area contributed by atoms with E-state index in [1.54, 1.807) is 6.07 Å². The van der Waals surface area contributed by atoms with Crippen molar-refractivity contribution in [1.29, 1.82) is 0 Å². The summed E-state index contributed by atoms with van der Waals surface area (Å²) < 4.78 is 33.3. The Morgan fingerprint density at radius 3 is 3.14 bits per heavy atom. The number of carbonyl (C=O) groups is 1. The minimum Gasteiger partial charge on any atom is -0.493 e. The second kappa shape index (κ2) is 5.80. The fourth-order valence-corrected chi connectivity index (χ4v) is 2.80. The third kappa shape index (κ3) is 2.57. The Morgan fingerprint density at radius 2 is 2.36 bits per heavy atom. The number of esters is 1. The number of nitrogen functional groups attached to an aromatic ring is 1. The van der Waals surface area contributed by atoms with Gasteiger partial charge in [-0.2, -0.15) is 4.37 Å². The summed E-state index contributed by atoms with van der Waals surface area (Å²) in [6.45, 7) is 0.520. The molecular weight excluding hydrogens is 311 g/mol. The highest BCUT2D eigenvalue weighted by molar-refractivity contribution is 7.10. The maximum Gasteiger partial charge on any atom is 0.346 e. The Labute approximate surface area is 129 Å². The van der Waals surface area contributed by atoms with Crippen molar-refractivity contribution in [1.82, 2.24) is 4.37 Å². The van der Waals surface area contributed by atoms with Crippen LogP contribution in [0.4, 0.5) is 9.39 Å². The van der Waals surface area contributed by atoms with Gasteiger partial charge < -0.3 is 19.9 Å². The molecule has 0 unspecified atom stereocenters. The molecule has 1 aliphatic rings. The van der Waals surface area contributed by atoms with Crippen LogP contribution >= 0.6 is 11.5 Å². The van der Waals surface area contributed by atoms with Crippen LogP contribution in [0.1, 0.15) is 21.5 Å². The molecule has 2 heterocycles. The molecule has 1 aliphatic heterocycles. The maximum atomic E-state index is 13.9. The predicted octanol–water partition coefficient (Wildman–Crippen LogP) is 2.16. The van der Waals surface area contributed by atoms with Crippen LogP contribution in [0.25, 0.3) is 0 Å². The Morgan fingerprint density at radius 1 is 1.55 bits per heavy atom. The van der Waals surface area contributed by atoms with Crippen LogP contribution in [-0.2, 0) is 17.8 Å². The fraction of sp³-hybridized carbons (Fsp3) is 0.286. The molecule has 0 radical (unpaired) electrons. The average Bonchev–Trinajstić information content (AvgIpc) is 3.11. The Balaban J connectivity index is 1.79. The number of benzene rings is 1. The largest absolute Gasteiger partial charge is 0.493 e. The van der Waals surface area contributed by atoms with Gasteiger partial charge in [-0.25, -0.2) is 9.18 Å². The Bertz CT molecular complexity index is 732. The van der Waals surface area contributed by atoms with Crippen molar-refractivity contribution in [2.24, 2.45) is 0 Å². The molecule has 0 saturated carbocycles. The second-order valence-electron chi connectivity index (χ2n) is 4.66. The van der Waals surface area contributed by atoms with Gasteiger partial charge in [0.15, 0.2) is 5.56 Å². The molecule has 3 rings (SSSR count). The predicted molar refractivity (Wildman–Crippen MR) is 77.8 cm³/mol. The molecule has 0 bridgehead atoms. The van der Waals surface area contributed by atoms with Crippen LogP contribution in [0.5, 0.6) is 11.6 Å². The van der Waals surface area contributed by atoms with E-state index in [1.807, 2.05) is 0 Å². The summed E-state index contributed by atoms with van der Waals surface area (Å²) in [6.07, 6.45) is 0.567. The summed E-state index contributed by atoms with van der Waals surface area (Å²) in [6, 6.07) is 3.11. The number of rotatable bonds is 4. The minimum absolute atomic E-state index is 0.0424. The van der Waals surface area contributed by atoms with Crippen molar-refractivity contribution in [2.75, 3.05) is 19.5 Å². The molecular formula is C14H13FN2O4S. The molecule has 0 amide bonds. The normalized spacial score (nSPS) is 12.6. The van der Waals surface area contributed by atoms with Gasteiger partial charge in [-0.05, 0) is 29.2 Å². The lowest BCUT2D eigenvalue weighted by molar-refractivity contribution is 0.0596. The molecule has 2 aromatic rings. The number of hydrogen-bond donors (Lipinski definition) is 1. The number of hydrogen-bond acceptors (Lipinski definition) is 7. The highest BCUT2D eigenvalue weighted by Crippen LogP contribution is 2.31. The van der Waals surface area contributed by atoms with E-state index in [4.69, 9.17) is 15.2 Å². The third-order valence-corrected chi connectivity index (χ3v) is 3.93. The standard InChI is InChI=1S/C14H13FN2O4S/c1-19-14(18)11-12(16)22-17-13(11)21-6-7-4-9(15)8-2-3-20-10(8)5-7/h4-5H,2-3,6,16H2,1H3.